The summed E-state index contributed by atoms with van der Waals surface area (Å²) in [7, 11) is 1.64. The maximum Gasteiger partial charge on any atom is 0.417 e. The van der Waals surface area contributed by atoms with Crippen molar-refractivity contribution in [3.63, 3.8) is 0 Å². The first-order valence-electron chi connectivity index (χ1n) is 7.40. The summed E-state index contributed by atoms with van der Waals surface area (Å²) >= 11 is 1.60. The number of guanidine groups is 1. The lowest BCUT2D eigenvalue weighted by Crippen LogP contribution is -2.38. The summed E-state index contributed by atoms with van der Waals surface area (Å²) in [5.74, 6) is 0.716. The van der Waals surface area contributed by atoms with E-state index in [-0.39, 0.29) is 36.5 Å². The molecule has 0 saturated heterocycles. The molecule has 144 valence electrons. The molecule has 0 saturated carbocycles. The molecule has 2 heterocycles. The summed E-state index contributed by atoms with van der Waals surface area (Å²) in [4.78, 5) is 13.1. The summed E-state index contributed by atoms with van der Waals surface area (Å²) < 4.78 is 42.6. The highest BCUT2D eigenvalue weighted by Crippen LogP contribution is 2.29. The van der Waals surface area contributed by atoms with Crippen LogP contribution in [0, 0.1) is 6.92 Å². The van der Waals surface area contributed by atoms with Gasteiger partial charge in [0, 0.05) is 30.4 Å². The summed E-state index contributed by atoms with van der Waals surface area (Å²) in [6, 6.07) is 2.13. The van der Waals surface area contributed by atoms with E-state index in [0.717, 1.165) is 22.1 Å². The van der Waals surface area contributed by atoms with E-state index < -0.39 is 11.7 Å². The number of hydrogen-bond donors (Lipinski definition) is 2. The third-order valence-corrected chi connectivity index (χ3v) is 3.92. The fraction of sp³-hybridized carbons (Fsp3) is 0.400. The molecule has 0 fully saturated rings. The van der Waals surface area contributed by atoms with Crippen LogP contribution in [0.25, 0.3) is 0 Å². The molecule has 2 aromatic rings. The van der Waals surface area contributed by atoms with Gasteiger partial charge >= 0.3 is 6.18 Å². The molecule has 0 unspecified atom stereocenters. The molecule has 0 radical (unpaired) electrons. The maximum absolute atomic E-state index is 12.4. The fourth-order valence-corrected chi connectivity index (χ4v) is 2.55. The Morgan fingerprint density at radius 2 is 2.00 bits per heavy atom. The van der Waals surface area contributed by atoms with Crippen LogP contribution in [-0.4, -0.2) is 36.1 Å². The lowest BCUT2D eigenvalue weighted by atomic mass is 10.3. The molecule has 2 rings (SSSR count). The van der Waals surface area contributed by atoms with Crippen molar-refractivity contribution in [1.82, 2.24) is 20.6 Å². The number of nitrogens with one attached hydrogen (secondary N) is 2. The van der Waals surface area contributed by atoms with Crippen LogP contribution in [-0.2, 0) is 12.7 Å². The van der Waals surface area contributed by atoms with Gasteiger partial charge in [-0.3, -0.25) is 4.99 Å². The first kappa shape index (κ1) is 22.4. The van der Waals surface area contributed by atoms with Gasteiger partial charge in [0.05, 0.1) is 18.7 Å². The van der Waals surface area contributed by atoms with Crippen molar-refractivity contribution in [2.24, 2.45) is 4.99 Å². The molecule has 26 heavy (non-hydrogen) atoms. The first-order valence-corrected chi connectivity index (χ1v) is 8.22. The molecule has 0 atom stereocenters. The molecule has 11 heteroatoms. The number of aliphatic imine (C=N–C) groups is 1. The number of hydrogen-bond acceptors (Lipinski definition) is 5. The molecule has 2 N–H and O–H groups in total. The molecular formula is C15H19F3IN5OS. The zero-order valence-electron chi connectivity index (χ0n) is 14.1. The van der Waals surface area contributed by atoms with Crippen molar-refractivity contribution in [3.05, 3.63) is 40.0 Å². The predicted octanol–water partition coefficient (Wildman–Crippen LogP) is 3.23. The Hall–Kier alpha value is -1.63. The van der Waals surface area contributed by atoms with Gasteiger partial charge in [0.25, 0.3) is 0 Å². The number of aromatic nitrogens is 2. The third kappa shape index (κ3) is 7.32. The monoisotopic (exact) mass is 501 g/mol. The van der Waals surface area contributed by atoms with Crippen LogP contribution >= 0.6 is 35.3 Å². The average Bonchev–Trinajstić information content (AvgIpc) is 2.99. The van der Waals surface area contributed by atoms with Crippen LogP contribution in [0.1, 0.15) is 15.4 Å². The van der Waals surface area contributed by atoms with Gasteiger partial charge < -0.3 is 15.4 Å². The molecular weight excluding hydrogens is 482 g/mol. The van der Waals surface area contributed by atoms with E-state index in [2.05, 4.69) is 25.6 Å². The van der Waals surface area contributed by atoms with Gasteiger partial charge in [-0.05, 0) is 13.0 Å². The molecule has 0 spiro atoms. The normalized spacial score (nSPS) is 11.7. The Kier molecular flexibility index (Phi) is 9.05. The van der Waals surface area contributed by atoms with Crippen LogP contribution in [0.5, 0.6) is 5.88 Å². The van der Waals surface area contributed by atoms with Gasteiger partial charge in [0.1, 0.15) is 11.6 Å². The number of halogens is 4. The second-order valence-corrected chi connectivity index (χ2v) is 6.27. The van der Waals surface area contributed by atoms with Gasteiger partial charge in [-0.15, -0.1) is 35.3 Å². The van der Waals surface area contributed by atoms with E-state index in [1.807, 2.05) is 13.1 Å². The average molecular weight is 501 g/mol. The van der Waals surface area contributed by atoms with Crippen molar-refractivity contribution in [1.29, 1.82) is 0 Å². The SMILES string of the molecule is CN=C(NCCOc1ccc(C(F)(F)F)cn1)NCc1ncc(C)s1.I. The molecule has 2 aromatic heterocycles. The van der Waals surface area contributed by atoms with Crippen LogP contribution in [0.2, 0.25) is 0 Å². The highest BCUT2D eigenvalue weighted by molar-refractivity contribution is 14.0. The lowest BCUT2D eigenvalue weighted by molar-refractivity contribution is -0.137. The fourth-order valence-electron chi connectivity index (χ4n) is 1.82. The Labute approximate surface area is 170 Å². The number of ether oxygens (including phenoxy) is 1. The minimum absolute atomic E-state index is 0. The Bertz CT molecular complexity index is 706. The minimum Gasteiger partial charge on any atom is -0.476 e. The largest absolute Gasteiger partial charge is 0.476 e. The summed E-state index contributed by atoms with van der Waals surface area (Å²) in [5, 5.41) is 7.10. The van der Waals surface area contributed by atoms with Gasteiger partial charge in [-0.1, -0.05) is 0 Å². The smallest absolute Gasteiger partial charge is 0.417 e. The zero-order valence-corrected chi connectivity index (χ0v) is 17.3. The second-order valence-electron chi connectivity index (χ2n) is 4.95. The van der Waals surface area contributed by atoms with Crippen molar-refractivity contribution < 1.29 is 17.9 Å². The van der Waals surface area contributed by atoms with Crippen molar-refractivity contribution in [3.8, 4) is 5.88 Å². The zero-order chi connectivity index (χ0) is 18.3. The maximum atomic E-state index is 12.4. The minimum atomic E-state index is -4.40. The van der Waals surface area contributed by atoms with Crippen LogP contribution in [0.15, 0.2) is 29.5 Å². The van der Waals surface area contributed by atoms with Gasteiger partial charge in [-0.25, -0.2) is 9.97 Å². The number of aryl methyl sites for hydroxylation is 1. The second kappa shape index (κ2) is 10.5. The highest BCUT2D eigenvalue weighted by atomic mass is 127. The molecule has 0 amide bonds. The number of rotatable bonds is 6. The standard InChI is InChI=1S/C15H18F3N5OS.HI/c1-10-7-22-13(25-10)9-23-14(19-2)20-5-6-24-12-4-3-11(8-21-12)15(16,17)18;/h3-4,7-8H,5-6,9H2,1-2H3,(H2,19,20,23);1H. The summed E-state index contributed by atoms with van der Waals surface area (Å²) in [5.41, 5.74) is -0.806. The number of nitrogens with zero attached hydrogens (tertiary/aromatic N) is 3. The number of alkyl halides is 3. The van der Waals surface area contributed by atoms with E-state index in [1.54, 1.807) is 18.4 Å². The molecule has 0 aliphatic rings. The van der Waals surface area contributed by atoms with E-state index in [4.69, 9.17) is 4.74 Å². The predicted molar refractivity (Wildman–Crippen MR) is 105 cm³/mol. The number of pyridine rings is 1. The molecule has 0 aliphatic heterocycles. The third-order valence-electron chi connectivity index (χ3n) is 3.01. The van der Waals surface area contributed by atoms with Crippen LogP contribution in [0.3, 0.4) is 0 Å². The molecule has 0 bridgehead atoms. The Morgan fingerprint density at radius 3 is 2.54 bits per heavy atom. The van der Waals surface area contributed by atoms with E-state index >= 15 is 0 Å². The van der Waals surface area contributed by atoms with Crippen LogP contribution < -0.4 is 15.4 Å². The van der Waals surface area contributed by atoms with Crippen LogP contribution in [0.4, 0.5) is 13.2 Å². The summed E-state index contributed by atoms with van der Waals surface area (Å²) in [6.07, 6.45) is -1.84. The number of thiazole rings is 1. The summed E-state index contributed by atoms with van der Waals surface area (Å²) in [6.45, 7) is 3.19. The van der Waals surface area contributed by atoms with Crippen molar-refractivity contribution in [2.45, 2.75) is 19.6 Å². The van der Waals surface area contributed by atoms with E-state index in [0.29, 0.717) is 19.0 Å². The topological polar surface area (TPSA) is 71.4 Å². The molecule has 0 aliphatic carbocycles. The van der Waals surface area contributed by atoms with Crippen molar-refractivity contribution >= 4 is 41.3 Å². The first-order chi connectivity index (χ1) is 11.9. The van der Waals surface area contributed by atoms with Gasteiger partial charge in [0.2, 0.25) is 5.88 Å². The Morgan fingerprint density at radius 1 is 1.23 bits per heavy atom. The van der Waals surface area contributed by atoms with Crippen molar-refractivity contribution in [2.75, 3.05) is 20.2 Å². The van der Waals surface area contributed by atoms with Gasteiger partial charge in [-0.2, -0.15) is 13.2 Å². The molecule has 6 nitrogen and oxygen atoms in total. The van der Waals surface area contributed by atoms with Gasteiger partial charge in [0.15, 0.2) is 5.96 Å². The van der Waals surface area contributed by atoms with E-state index in [1.165, 1.54) is 6.07 Å². The lowest BCUT2D eigenvalue weighted by Gasteiger charge is -2.12. The highest BCUT2D eigenvalue weighted by Gasteiger charge is 2.30. The van der Waals surface area contributed by atoms with E-state index in [9.17, 15) is 13.2 Å². The quantitative estimate of drug-likeness (QED) is 0.276. The Balaban J connectivity index is 0.00000338. The molecule has 0 aromatic carbocycles.